The highest BCUT2D eigenvalue weighted by Gasteiger charge is 2.43. The number of alkyl halides is 3. The average molecular weight is 469 g/mol. The van der Waals surface area contributed by atoms with Crippen LogP contribution < -0.4 is 5.73 Å². The van der Waals surface area contributed by atoms with Crippen molar-refractivity contribution in [3.8, 4) is 0 Å². The van der Waals surface area contributed by atoms with E-state index in [1.54, 1.807) is 9.30 Å². The molecule has 3 heterocycles. The van der Waals surface area contributed by atoms with Crippen LogP contribution in [0.15, 0.2) is 42.9 Å². The summed E-state index contributed by atoms with van der Waals surface area (Å²) in [5.41, 5.74) is 7.75. The van der Waals surface area contributed by atoms with Gasteiger partial charge in [0.25, 0.3) is 5.91 Å². The van der Waals surface area contributed by atoms with E-state index < -0.39 is 23.5 Å². The first-order valence-electron chi connectivity index (χ1n) is 10.9. The van der Waals surface area contributed by atoms with E-state index in [0.717, 1.165) is 12.5 Å². The van der Waals surface area contributed by atoms with E-state index in [1.807, 2.05) is 0 Å². The Bertz CT molecular complexity index is 1480. The lowest BCUT2D eigenvalue weighted by Gasteiger charge is -2.38. The third kappa shape index (κ3) is 3.04. The molecule has 1 unspecified atom stereocenters. The van der Waals surface area contributed by atoms with Crippen LogP contribution in [-0.2, 0) is 12.6 Å². The minimum absolute atomic E-state index is 0.00141. The number of halogens is 4. The summed E-state index contributed by atoms with van der Waals surface area (Å²) in [6.45, 7) is 0.401. The quantitative estimate of drug-likeness (QED) is 0.408. The molecule has 2 N–H and O–H groups in total. The molecule has 34 heavy (non-hydrogen) atoms. The Morgan fingerprint density at radius 1 is 1.15 bits per heavy atom. The molecule has 2 aromatic carbocycles. The molecule has 1 saturated heterocycles. The molecule has 1 amide bonds. The van der Waals surface area contributed by atoms with Crippen LogP contribution in [0.1, 0.15) is 45.9 Å². The molecule has 6 rings (SSSR count). The van der Waals surface area contributed by atoms with Crippen molar-refractivity contribution < 1.29 is 22.4 Å². The highest BCUT2D eigenvalue weighted by atomic mass is 19.4. The van der Waals surface area contributed by atoms with E-state index in [-0.39, 0.29) is 23.3 Å². The number of benzene rings is 2. The van der Waals surface area contributed by atoms with Gasteiger partial charge in [-0.3, -0.25) is 9.20 Å². The number of carbonyl (C=O) groups is 1. The molecule has 0 saturated carbocycles. The lowest BCUT2D eigenvalue weighted by atomic mass is 9.89. The first-order chi connectivity index (χ1) is 16.2. The highest BCUT2D eigenvalue weighted by molar-refractivity contribution is 5.99. The molecule has 1 aliphatic carbocycles. The van der Waals surface area contributed by atoms with Crippen LogP contribution in [0.3, 0.4) is 0 Å². The Labute approximate surface area is 191 Å². The number of likely N-dealkylation sites (tertiary alicyclic amines) is 1. The molecule has 174 valence electrons. The van der Waals surface area contributed by atoms with E-state index in [1.165, 1.54) is 36.8 Å². The number of anilines is 1. The number of carbonyl (C=O) groups excluding carboxylic acids is 1. The van der Waals surface area contributed by atoms with Crippen molar-refractivity contribution in [3.63, 3.8) is 0 Å². The van der Waals surface area contributed by atoms with Crippen LogP contribution in [-0.4, -0.2) is 31.7 Å². The Kier molecular flexibility index (Phi) is 4.39. The fraction of sp³-hybridized carbons (Fsp3) is 0.292. The van der Waals surface area contributed by atoms with Crippen LogP contribution in [0, 0.1) is 11.7 Å². The number of nitrogens with two attached hydrogens (primary N) is 1. The summed E-state index contributed by atoms with van der Waals surface area (Å²) in [5, 5.41) is 0. The Balaban J connectivity index is 1.43. The zero-order valence-corrected chi connectivity index (χ0v) is 17.8. The van der Waals surface area contributed by atoms with Gasteiger partial charge in [-0.2, -0.15) is 13.2 Å². The van der Waals surface area contributed by atoms with Crippen LogP contribution >= 0.6 is 0 Å². The standard InChI is InChI=1S/C24H19F4N5O/c25-17-9-18-19(33-11-30-10-20(33)22(29)31-18)8-16(17)23(34)32-5-1-2-12-6-13-7-14(24(26,27)28)3-4-15(13)21(12)32/h3-4,7-12,21H,1-2,5-6H2,(H2,29,31)/t12?,21-/m1/s1. The Morgan fingerprint density at radius 2 is 1.97 bits per heavy atom. The SMILES string of the molecule is Nc1nc2cc(F)c(C(=O)N3CCCC4Cc5cc(C(F)(F)F)ccc5[C@@H]43)cc2n2cncc12. The predicted molar refractivity (Wildman–Crippen MR) is 117 cm³/mol. The first kappa shape index (κ1) is 20.9. The molecule has 2 aromatic heterocycles. The normalized spacial score (nSPS) is 20.1. The minimum atomic E-state index is -4.43. The van der Waals surface area contributed by atoms with Crippen LogP contribution in [0.25, 0.3) is 16.6 Å². The zero-order valence-electron chi connectivity index (χ0n) is 17.8. The molecule has 1 aliphatic heterocycles. The van der Waals surface area contributed by atoms with Crippen LogP contribution in [0.5, 0.6) is 0 Å². The molecule has 6 nitrogen and oxygen atoms in total. The van der Waals surface area contributed by atoms with Gasteiger partial charge in [0, 0.05) is 12.6 Å². The third-order valence-electron chi connectivity index (χ3n) is 6.98. The fourth-order valence-corrected chi connectivity index (χ4v) is 5.48. The van der Waals surface area contributed by atoms with Gasteiger partial charge in [-0.15, -0.1) is 0 Å². The van der Waals surface area contributed by atoms with Crippen molar-refractivity contribution in [2.75, 3.05) is 12.3 Å². The number of nitrogens with zero attached hydrogens (tertiary/aromatic N) is 4. The summed E-state index contributed by atoms with van der Waals surface area (Å²) >= 11 is 0. The smallest absolute Gasteiger partial charge is 0.382 e. The van der Waals surface area contributed by atoms with Crippen molar-refractivity contribution in [2.24, 2.45) is 5.92 Å². The van der Waals surface area contributed by atoms with Crippen molar-refractivity contribution in [3.05, 3.63) is 70.9 Å². The number of aromatic nitrogens is 3. The maximum atomic E-state index is 15.1. The molecule has 0 spiro atoms. The monoisotopic (exact) mass is 469 g/mol. The molecule has 4 aromatic rings. The molecule has 1 fully saturated rings. The van der Waals surface area contributed by atoms with E-state index >= 15 is 4.39 Å². The van der Waals surface area contributed by atoms with E-state index in [9.17, 15) is 18.0 Å². The molecule has 0 radical (unpaired) electrons. The zero-order chi connectivity index (χ0) is 23.8. The van der Waals surface area contributed by atoms with Gasteiger partial charge in [-0.25, -0.2) is 14.4 Å². The van der Waals surface area contributed by atoms with Gasteiger partial charge in [0.05, 0.1) is 40.7 Å². The van der Waals surface area contributed by atoms with Crippen molar-refractivity contribution in [2.45, 2.75) is 31.5 Å². The number of imidazole rings is 1. The van der Waals surface area contributed by atoms with Gasteiger partial charge >= 0.3 is 6.18 Å². The fourth-order valence-electron chi connectivity index (χ4n) is 5.48. The lowest BCUT2D eigenvalue weighted by Crippen LogP contribution is -2.41. The second kappa shape index (κ2) is 7.15. The average Bonchev–Trinajstić information content (AvgIpc) is 3.42. The summed E-state index contributed by atoms with van der Waals surface area (Å²) in [6.07, 6.45) is 0.585. The highest BCUT2D eigenvalue weighted by Crippen LogP contribution is 2.47. The first-order valence-corrected chi connectivity index (χ1v) is 10.9. The second-order valence-corrected chi connectivity index (χ2v) is 8.93. The van der Waals surface area contributed by atoms with Gasteiger partial charge in [-0.05, 0) is 54.5 Å². The summed E-state index contributed by atoms with van der Waals surface area (Å²) in [4.78, 5) is 23.5. The van der Waals surface area contributed by atoms with Gasteiger partial charge in [0.15, 0.2) is 0 Å². The predicted octanol–water partition coefficient (Wildman–Crippen LogP) is 4.77. The molecule has 2 aliphatic rings. The minimum Gasteiger partial charge on any atom is -0.382 e. The van der Waals surface area contributed by atoms with Crippen molar-refractivity contribution in [1.29, 1.82) is 0 Å². The van der Waals surface area contributed by atoms with Gasteiger partial charge < -0.3 is 10.6 Å². The molecular weight excluding hydrogens is 450 g/mol. The topological polar surface area (TPSA) is 76.5 Å². The molecule has 10 heteroatoms. The van der Waals surface area contributed by atoms with Crippen LogP contribution in [0.2, 0.25) is 0 Å². The molecular formula is C24H19F4N5O. The lowest BCUT2D eigenvalue weighted by molar-refractivity contribution is -0.137. The van der Waals surface area contributed by atoms with E-state index in [4.69, 9.17) is 5.73 Å². The van der Waals surface area contributed by atoms with Crippen molar-refractivity contribution >= 4 is 28.3 Å². The van der Waals surface area contributed by atoms with Crippen LogP contribution in [0.4, 0.5) is 23.4 Å². The van der Waals surface area contributed by atoms with Crippen molar-refractivity contribution in [1.82, 2.24) is 19.3 Å². The number of hydrogen-bond donors (Lipinski definition) is 1. The Morgan fingerprint density at radius 3 is 2.76 bits per heavy atom. The van der Waals surface area contributed by atoms with E-state index in [0.29, 0.717) is 47.1 Å². The molecule has 0 bridgehead atoms. The number of piperidine rings is 1. The number of hydrogen-bond acceptors (Lipinski definition) is 4. The third-order valence-corrected chi connectivity index (χ3v) is 6.98. The number of rotatable bonds is 1. The van der Waals surface area contributed by atoms with Gasteiger partial charge in [0.2, 0.25) is 0 Å². The summed E-state index contributed by atoms with van der Waals surface area (Å²) in [5.74, 6) is -1.02. The van der Waals surface area contributed by atoms with E-state index in [2.05, 4.69) is 9.97 Å². The summed E-state index contributed by atoms with van der Waals surface area (Å²) in [7, 11) is 0. The number of amides is 1. The maximum Gasteiger partial charge on any atom is 0.416 e. The Hall–Kier alpha value is -3.69. The largest absolute Gasteiger partial charge is 0.416 e. The van der Waals surface area contributed by atoms with Gasteiger partial charge in [-0.1, -0.05) is 6.07 Å². The van der Waals surface area contributed by atoms with Gasteiger partial charge in [0.1, 0.15) is 17.2 Å². The maximum absolute atomic E-state index is 15.1. The molecule has 2 atom stereocenters. The number of nitrogen functional groups attached to an aromatic ring is 1. The summed E-state index contributed by atoms with van der Waals surface area (Å²) < 4.78 is 56.4. The summed E-state index contributed by atoms with van der Waals surface area (Å²) in [6, 6.07) is 5.94. The number of fused-ring (bicyclic) bond motifs is 6. The second-order valence-electron chi connectivity index (χ2n) is 8.93.